The van der Waals surface area contributed by atoms with Crippen molar-refractivity contribution in [1.29, 1.82) is 0 Å². The number of carbonyl (C=O) groups excluding carboxylic acids is 1. The molecule has 0 spiro atoms. The molecule has 0 aromatic heterocycles. The molecule has 0 radical (unpaired) electrons. The minimum atomic E-state index is -0.230. The second-order valence-corrected chi connectivity index (χ2v) is 4.84. The van der Waals surface area contributed by atoms with Gasteiger partial charge in [-0.25, -0.2) is 0 Å². The summed E-state index contributed by atoms with van der Waals surface area (Å²) in [4.78, 5) is 13.7. The van der Waals surface area contributed by atoms with Crippen LogP contribution >= 0.6 is 0 Å². The molecule has 0 unspecified atom stereocenters. The average Bonchev–Trinajstić information content (AvgIpc) is 2.48. The molecule has 0 bridgehead atoms. The van der Waals surface area contributed by atoms with E-state index in [1.165, 1.54) is 4.90 Å². The molecule has 2 aromatic rings. The number of phenols is 1. The molecule has 0 saturated carbocycles. The maximum atomic E-state index is 12.2. The summed E-state index contributed by atoms with van der Waals surface area (Å²) >= 11 is 0. The normalized spacial score (nSPS) is 13.6. The summed E-state index contributed by atoms with van der Waals surface area (Å²) in [7, 11) is 1.57. The molecule has 0 atom stereocenters. The van der Waals surface area contributed by atoms with E-state index in [-0.39, 0.29) is 18.3 Å². The van der Waals surface area contributed by atoms with Crippen molar-refractivity contribution in [2.24, 2.45) is 0 Å². The highest BCUT2D eigenvalue weighted by Gasteiger charge is 2.29. The number of aryl methyl sites for hydroxylation is 1. The monoisotopic (exact) mass is 285 g/mol. The van der Waals surface area contributed by atoms with Crippen molar-refractivity contribution >= 4 is 17.3 Å². The topological polar surface area (TPSA) is 59.0 Å². The van der Waals surface area contributed by atoms with Crippen LogP contribution in [0.5, 0.6) is 17.2 Å². The highest BCUT2D eigenvalue weighted by atomic mass is 16.5. The van der Waals surface area contributed by atoms with E-state index in [2.05, 4.69) is 0 Å². The summed E-state index contributed by atoms with van der Waals surface area (Å²) < 4.78 is 10.6. The molecular formula is C16H15NO4. The van der Waals surface area contributed by atoms with Crippen LogP contribution in [0.2, 0.25) is 0 Å². The molecule has 1 N–H and O–H groups in total. The molecule has 1 amide bonds. The quantitative estimate of drug-likeness (QED) is 0.921. The van der Waals surface area contributed by atoms with Crippen molar-refractivity contribution < 1.29 is 19.4 Å². The fraction of sp³-hybridized carbons (Fsp3) is 0.188. The second-order valence-electron chi connectivity index (χ2n) is 4.84. The van der Waals surface area contributed by atoms with Crippen molar-refractivity contribution in [3.63, 3.8) is 0 Å². The molecule has 108 valence electrons. The number of rotatable bonds is 2. The van der Waals surface area contributed by atoms with Crippen molar-refractivity contribution in [3.05, 3.63) is 42.0 Å². The van der Waals surface area contributed by atoms with Gasteiger partial charge in [-0.3, -0.25) is 9.69 Å². The van der Waals surface area contributed by atoms with Crippen LogP contribution in [-0.2, 0) is 4.79 Å². The van der Waals surface area contributed by atoms with E-state index in [1.807, 2.05) is 13.0 Å². The molecule has 0 saturated heterocycles. The van der Waals surface area contributed by atoms with Gasteiger partial charge in [0, 0.05) is 6.07 Å². The maximum absolute atomic E-state index is 12.2. The Kier molecular flexibility index (Phi) is 3.17. The largest absolute Gasteiger partial charge is 0.506 e. The number of methoxy groups -OCH3 is 1. The van der Waals surface area contributed by atoms with Crippen molar-refractivity contribution in [1.82, 2.24) is 0 Å². The van der Waals surface area contributed by atoms with Crippen molar-refractivity contribution in [2.75, 3.05) is 18.6 Å². The lowest BCUT2D eigenvalue weighted by atomic mass is 10.1. The summed E-state index contributed by atoms with van der Waals surface area (Å²) in [6, 6.07) is 10.4. The van der Waals surface area contributed by atoms with Gasteiger partial charge in [-0.05, 0) is 36.8 Å². The number of benzene rings is 2. The smallest absolute Gasteiger partial charge is 0.269 e. The van der Waals surface area contributed by atoms with Gasteiger partial charge >= 0.3 is 0 Å². The van der Waals surface area contributed by atoms with Crippen LogP contribution in [0.3, 0.4) is 0 Å². The van der Waals surface area contributed by atoms with E-state index >= 15 is 0 Å². The van der Waals surface area contributed by atoms with Crippen LogP contribution in [-0.4, -0.2) is 24.7 Å². The zero-order valence-electron chi connectivity index (χ0n) is 11.8. The van der Waals surface area contributed by atoms with E-state index in [4.69, 9.17) is 9.47 Å². The molecule has 0 aliphatic carbocycles. The number of hydrogen-bond acceptors (Lipinski definition) is 4. The van der Waals surface area contributed by atoms with Gasteiger partial charge in [0.15, 0.2) is 6.61 Å². The molecule has 2 aromatic carbocycles. The number of anilines is 2. The lowest BCUT2D eigenvalue weighted by Crippen LogP contribution is -2.35. The predicted octanol–water partition coefficient (Wildman–Crippen LogP) is 2.77. The third-order valence-electron chi connectivity index (χ3n) is 3.38. The first-order chi connectivity index (χ1) is 10.1. The minimum Gasteiger partial charge on any atom is -0.506 e. The fourth-order valence-corrected chi connectivity index (χ4v) is 2.35. The van der Waals surface area contributed by atoms with E-state index < -0.39 is 0 Å². The Balaban J connectivity index is 2.12. The van der Waals surface area contributed by atoms with E-state index in [0.717, 1.165) is 5.56 Å². The average molecular weight is 285 g/mol. The van der Waals surface area contributed by atoms with Gasteiger partial charge in [0.25, 0.3) is 5.91 Å². The van der Waals surface area contributed by atoms with Crippen LogP contribution in [0, 0.1) is 6.92 Å². The molecule has 21 heavy (non-hydrogen) atoms. The number of hydrogen-bond donors (Lipinski definition) is 1. The summed E-state index contributed by atoms with van der Waals surface area (Å²) in [6.45, 7) is 1.80. The van der Waals surface area contributed by atoms with E-state index in [0.29, 0.717) is 22.9 Å². The van der Waals surface area contributed by atoms with Crippen LogP contribution in [0.25, 0.3) is 0 Å². The number of carbonyl (C=O) groups is 1. The number of fused-ring (bicyclic) bond motifs is 1. The Bertz CT molecular complexity index is 711. The lowest BCUT2D eigenvalue weighted by Gasteiger charge is -2.30. The van der Waals surface area contributed by atoms with Crippen LogP contribution in [0.4, 0.5) is 11.4 Å². The third kappa shape index (κ3) is 2.27. The second kappa shape index (κ2) is 5.01. The zero-order chi connectivity index (χ0) is 15.0. The lowest BCUT2D eigenvalue weighted by molar-refractivity contribution is -0.120. The van der Waals surface area contributed by atoms with Crippen LogP contribution < -0.4 is 14.4 Å². The van der Waals surface area contributed by atoms with Gasteiger partial charge in [0.1, 0.15) is 17.2 Å². The van der Waals surface area contributed by atoms with Gasteiger partial charge in [-0.1, -0.05) is 6.07 Å². The summed E-state index contributed by atoms with van der Waals surface area (Å²) in [5.74, 6) is 1.03. The van der Waals surface area contributed by atoms with Gasteiger partial charge in [0.2, 0.25) is 0 Å². The predicted molar refractivity (Wildman–Crippen MR) is 78.5 cm³/mol. The standard InChI is InChI=1S/C16H15NO4/c1-10-3-5-12(14(18)7-10)17-13-6-4-11(20-2)8-15(13)21-9-16(17)19/h3-8,18H,9H2,1-2H3. The van der Waals surface area contributed by atoms with Gasteiger partial charge in [0.05, 0.1) is 18.5 Å². The van der Waals surface area contributed by atoms with Crippen LogP contribution in [0.15, 0.2) is 36.4 Å². The Hall–Kier alpha value is -2.69. The number of phenolic OH excluding ortho intramolecular Hbond substituents is 1. The molecule has 5 nitrogen and oxygen atoms in total. The first-order valence-electron chi connectivity index (χ1n) is 6.53. The number of ether oxygens (including phenoxy) is 2. The Labute approximate surface area is 122 Å². The summed E-state index contributed by atoms with van der Waals surface area (Å²) in [5.41, 5.74) is 1.96. The number of aromatic hydroxyl groups is 1. The van der Waals surface area contributed by atoms with Crippen molar-refractivity contribution in [2.45, 2.75) is 6.92 Å². The Morgan fingerprint density at radius 2 is 1.95 bits per heavy atom. The van der Waals surface area contributed by atoms with E-state index in [9.17, 15) is 9.90 Å². The highest BCUT2D eigenvalue weighted by Crippen LogP contribution is 2.42. The minimum absolute atomic E-state index is 0.0621. The fourth-order valence-electron chi connectivity index (χ4n) is 2.35. The Morgan fingerprint density at radius 1 is 1.19 bits per heavy atom. The van der Waals surface area contributed by atoms with Gasteiger partial charge in [-0.15, -0.1) is 0 Å². The summed E-state index contributed by atoms with van der Waals surface area (Å²) in [5, 5.41) is 10.1. The molecular weight excluding hydrogens is 270 g/mol. The molecule has 0 fully saturated rings. The zero-order valence-corrected chi connectivity index (χ0v) is 11.8. The van der Waals surface area contributed by atoms with Gasteiger partial charge in [-0.2, -0.15) is 0 Å². The number of nitrogens with zero attached hydrogens (tertiary/aromatic N) is 1. The third-order valence-corrected chi connectivity index (χ3v) is 3.38. The summed E-state index contributed by atoms with van der Waals surface area (Å²) in [6.07, 6.45) is 0. The number of amides is 1. The molecule has 1 aliphatic heterocycles. The first kappa shape index (κ1) is 13.3. The van der Waals surface area contributed by atoms with Gasteiger partial charge < -0.3 is 14.6 Å². The molecule has 1 heterocycles. The highest BCUT2D eigenvalue weighted by molar-refractivity contribution is 6.05. The Morgan fingerprint density at radius 3 is 2.67 bits per heavy atom. The maximum Gasteiger partial charge on any atom is 0.269 e. The SMILES string of the molecule is COc1ccc2c(c1)OCC(=O)N2c1ccc(C)cc1O. The van der Waals surface area contributed by atoms with Crippen LogP contribution in [0.1, 0.15) is 5.56 Å². The first-order valence-corrected chi connectivity index (χ1v) is 6.53. The van der Waals surface area contributed by atoms with Crippen molar-refractivity contribution in [3.8, 4) is 17.2 Å². The molecule has 5 heteroatoms. The molecule has 3 rings (SSSR count). The van der Waals surface area contributed by atoms with E-state index in [1.54, 1.807) is 37.4 Å². The molecule has 1 aliphatic rings.